The van der Waals surface area contributed by atoms with Crippen LogP contribution in [0.4, 0.5) is 0 Å². The van der Waals surface area contributed by atoms with Gasteiger partial charge in [0.15, 0.2) is 22.8 Å². The summed E-state index contributed by atoms with van der Waals surface area (Å²) in [5, 5.41) is 44.3. The fourth-order valence-electron chi connectivity index (χ4n) is 12.9. The number of morpholine rings is 1. The Bertz CT molecular complexity index is 2730. The molecule has 3 saturated carbocycles. The Balaban J connectivity index is 1.19. The first-order chi connectivity index (χ1) is 35.5. The maximum Gasteiger partial charge on any atom is 0.343 e. The fourth-order valence-corrected chi connectivity index (χ4v) is 12.9. The van der Waals surface area contributed by atoms with Crippen molar-refractivity contribution < 1.29 is 77.5 Å². The molecule has 75 heavy (non-hydrogen) atoms. The number of methoxy groups -OCH3 is 1. The Kier molecular flexibility index (Phi) is 14.7. The van der Waals surface area contributed by atoms with Gasteiger partial charge in [0.05, 0.1) is 60.7 Å². The van der Waals surface area contributed by atoms with E-state index in [1.54, 1.807) is 32.2 Å². The molecular formula is C57H72N2O16. The van der Waals surface area contributed by atoms with Gasteiger partial charge in [0.1, 0.15) is 53.0 Å². The largest absolute Gasteiger partial charge is 0.482 e. The number of aliphatic hydroxyl groups is 4. The molecule has 8 aliphatic rings. The maximum absolute atomic E-state index is 16.5. The number of carbonyl (C=O) groups is 4. The molecule has 5 heterocycles. The van der Waals surface area contributed by atoms with Crippen LogP contribution in [-0.4, -0.2) is 161 Å². The smallest absolute Gasteiger partial charge is 0.343 e. The van der Waals surface area contributed by atoms with Crippen molar-refractivity contribution in [2.24, 2.45) is 11.8 Å². The highest BCUT2D eigenvalue weighted by Gasteiger charge is 2.89. The first-order valence-electron chi connectivity index (χ1n) is 25.9. The summed E-state index contributed by atoms with van der Waals surface area (Å²) in [6.45, 7) is 16.4. The standard InChI is InChI=1S/C57H72N2O16/c1-30(2)12-11-20-54(8)27-38(71-50(66)33-14-16-34(17-15-33)70-51-45(64)44(63)43(62)39(29-60)72-51)36-26-37-42(61)41-48(59-22-24-69-25-23-59)55(58-9)28-40-53(6,7)75-56(52(55)67,21-19-32(5)49(65)68-10)57(40,41)74-47(37)35(46(36)73-54)18-13-31(3)4/h12-17,19,26-27,39-41,43-45,48,51,58,60,62-64H,11,18,20-25,28-29H2,1-10H3/b32-19-/t39-,40?,41?,43-,44-,45-,48?,51-,54?,55?,56?,57?/m1/s1. The molecule has 3 aliphatic carbocycles. The molecule has 0 radical (unpaired) electrons. The molecule has 10 rings (SSSR count). The molecule has 5 aliphatic heterocycles. The van der Waals surface area contributed by atoms with Gasteiger partial charge in [0.2, 0.25) is 6.29 Å². The molecule has 4 bridgehead atoms. The van der Waals surface area contributed by atoms with Gasteiger partial charge < -0.3 is 63.6 Å². The van der Waals surface area contributed by atoms with Gasteiger partial charge in [0, 0.05) is 48.7 Å². The van der Waals surface area contributed by atoms with Gasteiger partial charge in [-0.25, -0.2) is 9.59 Å². The van der Waals surface area contributed by atoms with Crippen LogP contribution >= 0.6 is 0 Å². The van der Waals surface area contributed by atoms with Crippen LogP contribution in [0.1, 0.15) is 113 Å². The second kappa shape index (κ2) is 20.3. The average Bonchev–Trinajstić information content (AvgIpc) is 3.54. The molecule has 5 N–H and O–H groups in total. The van der Waals surface area contributed by atoms with Gasteiger partial charge >= 0.3 is 11.9 Å². The summed E-state index contributed by atoms with van der Waals surface area (Å²) < 4.78 is 50.8. The zero-order chi connectivity index (χ0) is 54.2. The Morgan fingerprint density at radius 2 is 1.57 bits per heavy atom. The molecule has 2 aromatic rings. The molecule has 7 unspecified atom stereocenters. The third-order valence-corrected chi connectivity index (χ3v) is 16.6. The molecular weight excluding hydrogens is 969 g/mol. The van der Waals surface area contributed by atoms with Crippen LogP contribution in [0.15, 0.2) is 71.4 Å². The van der Waals surface area contributed by atoms with E-state index in [2.05, 4.69) is 16.3 Å². The lowest BCUT2D eigenvalue weighted by Gasteiger charge is -2.68. The first-order valence-corrected chi connectivity index (χ1v) is 25.9. The van der Waals surface area contributed by atoms with E-state index in [1.165, 1.54) is 31.4 Å². The number of hydrogen-bond acceptors (Lipinski definition) is 18. The molecule has 2 aromatic carbocycles. The number of rotatable bonds is 15. The highest BCUT2D eigenvalue weighted by molar-refractivity contribution is 6.11. The summed E-state index contributed by atoms with van der Waals surface area (Å²) in [6, 6.07) is 6.80. The second-order valence-corrected chi connectivity index (χ2v) is 22.3. The molecule has 406 valence electrons. The Morgan fingerprint density at radius 1 is 0.893 bits per heavy atom. The lowest BCUT2D eigenvalue weighted by atomic mass is 9.42. The zero-order valence-electron chi connectivity index (χ0n) is 44.5. The van der Waals surface area contributed by atoms with E-state index in [0.717, 1.165) is 11.1 Å². The van der Waals surface area contributed by atoms with E-state index in [0.29, 0.717) is 62.4 Å². The van der Waals surface area contributed by atoms with Gasteiger partial charge in [-0.15, -0.1) is 0 Å². The number of ether oxygens (including phenoxy) is 8. The average molecular weight is 1040 g/mol. The van der Waals surface area contributed by atoms with E-state index >= 15 is 9.59 Å². The van der Waals surface area contributed by atoms with Crippen LogP contribution in [0, 0.1) is 11.8 Å². The van der Waals surface area contributed by atoms with Crippen molar-refractivity contribution in [1.29, 1.82) is 0 Å². The van der Waals surface area contributed by atoms with E-state index in [9.17, 15) is 30.0 Å². The number of ketones is 2. The number of aliphatic hydroxyl groups excluding tert-OH is 4. The highest BCUT2D eigenvalue weighted by atomic mass is 16.7. The first kappa shape index (κ1) is 54.5. The third kappa shape index (κ3) is 8.97. The highest BCUT2D eigenvalue weighted by Crippen LogP contribution is 2.71. The minimum atomic E-state index is -1.77. The maximum atomic E-state index is 16.5. The molecule has 18 nitrogen and oxygen atoms in total. The molecule has 1 spiro atoms. The van der Waals surface area contributed by atoms with Crippen LogP contribution in [0.5, 0.6) is 17.2 Å². The lowest BCUT2D eigenvalue weighted by Crippen LogP contribution is -2.90. The zero-order valence-corrected chi connectivity index (χ0v) is 44.5. The van der Waals surface area contributed by atoms with Crippen molar-refractivity contribution in [3.8, 4) is 17.2 Å². The SMILES string of the molecule is CNC12CC3C(C)(C)OC(C/C=C(/C)C(=O)OC)(C1=O)C31Oc3c(cc4c(c3CC=C(C)C)OC(C)(CCC=C(C)C)C=C4OC(=O)c3ccc(O[C@@H]4O[C@H](CO)[C@@H](O)[C@@H](O)[C@H]4O)cc3)C(=O)C1C2N1CCOCC1. The number of fused-ring (bicyclic) bond motifs is 2. The molecule has 0 amide bonds. The summed E-state index contributed by atoms with van der Waals surface area (Å²) in [5.41, 5.74) is -3.14. The van der Waals surface area contributed by atoms with Crippen molar-refractivity contribution in [3.05, 3.63) is 93.6 Å². The number of nitrogens with zero attached hydrogens (tertiary/aromatic N) is 1. The van der Waals surface area contributed by atoms with Crippen molar-refractivity contribution >= 4 is 29.3 Å². The van der Waals surface area contributed by atoms with E-state index < -0.39 is 95.1 Å². The van der Waals surface area contributed by atoms with Gasteiger partial charge in [-0.1, -0.05) is 29.4 Å². The van der Waals surface area contributed by atoms with Crippen molar-refractivity contribution in [2.75, 3.05) is 47.1 Å². The van der Waals surface area contributed by atoms with Crippen LogP contribution in [0.3, 0.4) is 0 Å². The predicted molar refractivity (Wildman–Crippen MR) is 272 cm³/mol. The molecule has 3 saturated heterocycles. The predicted octanol–water partition coefficient (Wildman–Crippen LogP) is 4.72. The molecule has 12 atom stereocenters. The second-order valence-electron chi connectivity index (χ2n) is 22.3. The topological polar surface area (TPSA) is 238 Å². The summed E-state index contributed by atoms with van der Waals surface area (Å²) >= 11 is 0. The van der Waals surface area contributed by atoms with Crippen LogP contribution in [-0.2, 0) is 39.7 Å². The summed E-state index contributed by atoms with van der Waals surface area (Å²) in [4.78, 5) is 62.1. The molecule has 0 aromatic heterocycles. The van der Waals surface area contributed by atoms with E-state index in [-0.39, 0.29) is 58.4 Å². The number of allylic oxidation sites excluding steroid dienone is 4. The number of Topliss-reactive ketones (excluding diaryl/α,β-unsaturated/α-hetero) is 2. The van der Waals surface area contributed by atoms with Crippen LogP contribution < -0.4 is 19.5 Å². The van der Waals surface area contributed by atoms with Crippen molar-refractivity contribution in [1.82, 2.24) is 10.2 Å². The van der Waals surface area contributed by atoms with E-state index in [4.69, 9.17) is 37.9 Å². The Labute approximate surface area is 437 Å². The molecule has 6 fully saturated rings. The van der Waals surface area contributed by atoms with E-state index in [1.807, 2.05) is 54.5 Å². The van der Waals surface area contributed by atoms with Gasteiger partial charge in [-0.3, -0.25) is 14.5 Å². The number of likely N-dealkylation sites (N-methyl/N-ethyl adjacent to an activating group) is 1. The van der Waals surface area contributed by atoms with Gasteiger partial charge in [0.25, 0.3) is 0 Å². The normalized spacial score (nSPS) is 34.4. The lowest BCUT2D eigenvalue weighted by molar-refractivity contribution is -0.277. The van der Waals surface area contributed by atoms with Crippen LogP contribution in [0.2, 0.25) is 0 Å². The minimum absolute atomic E-state index is 0.0814. The van der Waals surface area contributed by atoms with Gasteiger partial charge in [-0.2, -0.15) is 0 Å². The fraction of sp³-hybridized carbons (Fsp3) is 0.579. The van der Waals surface area contributed by atoms with Crippen molar-refractivity contribution in [3.63, 3.8) is 0 Å². The molecule has 18 heteroatoms. The summed E-state index contributed by atoms with van der Waals surface area (Å²) in [7, 11) is 3.05. The third-order valence-electron chi connectivity index (χ3n) is 16.6. The number of benzene rings is 2. The summed E-state index contributed by atoms with van der Waals surface area (Å²) in [6.07, 6.45) is 1.59. The van der Waals surface area contributed by atoms with Crippen molar-refractivity contribution in [2.45, 2.75) is 152 Å². The number of esters is 2. The van der Waals surface area contributed by atoms with Crippen LogP contribution in [0.25, 0.3) is 5.76 Å². The minimum Gasteiger partial charge on any atom is -0.482 e. The number of carbonyl (C=O) groups excluding carboxylic acids is 4. The summed E-state index contributed by atoms with van der Waals surface area (Å²) in [5.74, 6) is -2.46. The quantitative estimate of drug-likeness (QED) is 0.0922. The Morgan fingerprint density at radius 3 is 2.21 bits per heavy atom. The Hall–Kier alpha value is -5.28. The number of nitrogens with one attached hydrogen (secondary N) is 1. The van der Waals surface area contributed by atoms with Gasteiger partial charge in [-0.05, 0) is 118 Å². The number of hydrogen-bond donors (Lipinski definition) is 5. The monoisotopic (exact) mass is 1040 g/mol.